The van der Waals surface area contributed by atoms with Gasteiger partial charge in [0.05, 0.1) is 24.5 Å². The molecule has 1 aliphatic heterocycles. The van der Waals surface area contributed by atoms with E-state index >= 15 is 0 Å². The number of hydrogen-bond donors (Lipinski definition) is 1. The molecule has 0 aliphatic carbocycles. The van der Waals surface area contributed by atoms with E-state index in [2.05, 4.69) is 10.3 Å². The van der Waals surface area contributed by atoms with E-state index in [9.17, 15) is 0 Å². The van der Waals surface area contributed by atoms with Gasteiger partial charge in [-0.2, -0.15) is 0 Å². The summed E-state index contributed by atoms with van der Waals surface area (Å²) in [6, 6.07) is 17.4. The average Bonchev–Trinajstić information content (AvgIpc) is 3.25. The van der Waals surface area contributed by atoms with Gasteiger partial charge in [0.1, 0.15) is 23.3 Å². The smallest absolute Gasteiger partial charge is 0.174 e. The lowest BCUT2D eigenvalue weighted by Gasteiger charge is -2.27. The van der Waals surface area contributed by atoms with Crippen molar-refractivity contribution >= 4 is 23.0 Å². The quantitative estimate of drug-likeness (QED) is 0.701. The van der Waals surface area contributed by atoms with Crippen LogP contribution in [0.3, 0.4) is 0 Å². The predicted molar refractivity (Wildman–Crippen MR) is 104 cm³/mol. The highest BCUT2D eigenvalue weighted by Gasteiger charge is 2.43. The molecule has 2 aromatic heterocycles. The Morgan fingerprint density at radius 3 is 2.62 bits per heavy atom. The molecule has 2 unspecified atom stereocenters. The van der Waals surface area contributed by atoms with Gasteiger partial charge in [-0.05, 0) is 55.5 Å². The minimum Gasteiger partial charge on any atom is -0.495 e. The van der Waals surface area contributed by atoms with Gasteiger partial charge in [-0.15, -0.1) is 0 Å². The fraction of sp³-hybridized carbons (Fsp3) is 0.200. The Labute approximate surface area is 157 Å². The maximum absolute atomic E-state index is 5.98. The molecule has 0 saturated carbocycles. The van der Waals surface area contributed by atoms with E-state index in [0.29, 0.717) is 5.11 Å². The Morgan fingerprint density at radius 2 is 1.92 bits per heavy atom. The standard InChI is InChI=1S/C20H19N3O2S/c1-13-10-11-17(25-13)19-18(14-7-5-6-12-21-14)22-20(26)23(19)15-8-3-4-9-16(15)24-2/h3-12,18-19H,1-2H3,(H,22,26). The van der Waals surface area contributed by atoms with Crippen molar-refractivity contribution in [1.82, 2.24) is 10.3 Å². The number of nitrogens with one attached hydrogen (secondary N) is 1. The Morgan fingerprint density at radius 1 is 1.12 bits per heavy atom. The highest BCUT2D eigenvalue weighted by molar-refractivity contribution is 7.80. The van der Waals surface area contributed by atoms with Gasteiger partial charge in [0.2, 0.25) is 0 Å². The lowest BCUT2D eigenvalue weighted by molar-refractivity contribution is 0.404. The number of thiocarbonyl (C=S) groups is 1. The molecule has 5 nitrogen and oxygen atoms in total. The van der Waals surface area contributed by atoms with Crippen LogP contribution in [-0.2, 0) is 0 Å². The lowest BCUT2D eigenvalue weighted by Crippen LogP contribution is -2.29. The number of aromatic nitrogens is 1. The summed E-state index contributed by atoms with van der Waals surface area (Å²) < 4.78 is 11.5. The van der Waals surface area contributed by atoms with Crippen LogP contribution in [0.5, 0.6) is 5.75 Å². The predicted octanol–water partition coefficient (Wildman–Crippen LogP) is 4.17. The van der Waals surface area contributed by atoms with Crippen molar-refractivity contribution in [3.8, 4) is 5.75 Å². The summed E-state index contributed by atoms with van der Waals surface area (Å²) in [5.74, 6) is 2.44. The number of nitrogens with zero attached hydrogens (tertiary/aromatic N) is 2. The molecule has 0 amide bonds. The maximum Gasteiger partial charge on any atom is 0.174 e. The van der Waals surface area contributed by atoms with E-state index in [1.165, 1.54) is 0 Å². The second kappa shape index (κ2) is 6.80. The summed E-state index contributed by atoms with van der Waals surface area (Å²) in [6.07, 6.45) is 1.79. The van der Waals surface area contributed by atoms with Crippen molar-refractivity contribution in [1.29, 1.82) is 0 Å². The van der Waals surface area contributed by atoms with Gasteiger partial charge in [-0.25, -0.2) is 0 Å². The number of methoxy groups -OCH3 is 1. The van der Waals surface area contributed by atoms with E-state index in [1.54, 1.807) is 13.3 Å². The third-order valence-corrected chi connectivity index (χ3v) is 4.81. The largest absolute Gasteiger partial charge is 0.495 e. The number of hydrogen-bond acceptors (Lipinski definition) is 4. The van der Waals surface area contributed by atoms with Crippen molar-refractivity contribution in [3.05, 3.63) is 78.0 Å². The van der Waals surface area contributed by atoms with E-state index in [4.69, 9.17) is 21.4 Å². The molecule has 1 N–H and O–H groups in total. The van der Waals surface area contributed by atoms with Crippen molar-refractivity contribution in [2.24, 2.45) is 0 Å². The zero-order valence-electron chi connectivity index (χ0n) is 14.5. The highest BCUT2D eigenvalue weighted by atomic mass is 32.1. The summed E-state index contributed by atoms with van der Waals surface area (Å²) in [7, 11) is 1.66. The van der Waals surface area contributed by atoms with Crippen LogP contribution in [0.1, 0.15) is 29.3 Å². The number of para-hydroxylation sites is 2. The van der Waals surface area contributed by atoms with Crippen LogP contribution in [-0.4, -0.2) is 17.2 Å². The van der Waals surface area contributed by atoms with E-state index < -0.39 is 0 Å². The van der Waals surface area contributed by atoms with E-state index in [0.717, 1.165) is 28.7 Å². The molecule has 1 aliphatic rings. The molecule has 4 rings (SSSR count). The average molecular weight is 365 g/mol. The van der Waals surface area contributed by atoms with Crippen LogP contribution in [0, 0.1) is 6.92 Å². The summed E-state index contributed by atoms with van der Waals surface area (Å²) in [4.78, 5) is 6.57. The van der Waals surface area contributed by atoms with Crippen LogP contribution < -0.4 is 15.0 Å². The topological polar surface area (TPSA) is 50.5 Å². The summed E-state index contributed by atoms with van der Waals surface area (Å²) in [5.41, 5.74) is 1.80. The molecule has 132 valence electrons. The minimum atomic E-state index is -0.164. The van der Waals surface area contributed by atoms with Crippen LogP contribution in [0.2, 0.25) is 0 Å². The van der Waals surface area contributed by atoms with Gasteiger partial charge in [0.15, 0.2) is 5.11 Å². The maximum atomic E-state index is 5.98. The Hall–Kier alpha value is -2.86. The fourth-order valence-electron chi connectivity index (χ4n) is 3.34. The zero-order chi connectivity index (χ0) is 18.1. The molecule has 26 heavy (non-hydrogen) atoms. The minimum absolute atomic E-state index is 0.126. The molecule has 3 heterocycles. The highest BCUT2D eigenvalue weighted by Crippen LogP contribution is 2.44. The number of pyridine rings is 1. The lowest BCUT2D eigenvalue weighted by atomic mass is 10.0. The van der Waals surface area contributed by atoms with Crippen LogP contribution in [0.25, 0.3) is 0 Å². The second-order valence-electron chi connectivity index (χ2n) is 6.12. The number of anilines is 1. The van der Waals surface area contributed by atoms with Crippen LogP contribution in [0.4, 0.5) is 5.69 Å². The van der Waals surface area contributed by atoms with Crippen LogP contribution in [0.15, 0.2) is 65.2 Å². The molecule has 0 spiro atoms. The van der Waals surface area contributed by atoms with Crippen molar-refractivity contribution in [2.75, 3.05) is 12.0 Å². The normalized spacial score (nSPS) is 19.5. The summed E-state index contributed by atoms with van der Waals surface area (Å²) in [6.45, 7) is 1.94. The van der Waals surface area contributed by atoms with Crippen molar-refractivity contribution < 1.29 is 9.15 Å². The van der Waals surface area contributed by atoms with Gasteiger partial charge >= 0.3 is 0 Å². The Kier molecular flexibility index (Phi) is 4.34. The molecule has 0 bridgehead atoms. The molecule has 1 fully saturated rings. The van der Waals surface area contributed by atoms with Gasteiger partial charge < -0.3 is 19.4 Å². The summed E-state index contributed by atoms with van der Waals surface area (Å²) >= 11 is 5.68. The fourth-order valence-corrected chi connectivity index (χ4v) is 3.68. The monoisotopic (exact) mass is 365 g/mol. The first-order valence-corrected chi connectivity index (χ1v) is 8.80. The molecule has 6 heteroatoms. The van der Waals surface area contributed by atoms with Gasteiger partial charge in [-0.1, -0.05) is 18.2 Å². The van der Waals surface area contributed by atoms with Crippen LogP contribution >= 0.6 is 12.2 Å². The Bertz CT molecular complexity index is 926. The zero-order valence-corrected chi connectivity index (χ0v) is 15.4. The number of furan rings is 1. The van der Waals surface area contributed by atoms with Crippen molar-refractivity contribution in [3.63, 3.8) is 0 Å². The molecular formula is C20H19N3O2S. The first-order valence-electron chi connectivity index (χ1n) is 8.39. The number of aryl methyl sites for hydroxylation is 1. The first kappa shape index (κ1) is 16.6. The summed E-state index contributed by atoms with van der Waals surface area (Å²) in [5, 5.41) is 4.02. The number of ether oxygens (including phenoxy) is 1. The molecule has 1 saturated heterocycles. The van der Waals surface area contributed by atoms with E-state index in [-0.39, 0.29) is 12.1 Å². The first-order chi connectivity index (χ1) is 12.7. The van der Waals surface area contributed by atoms with Gasteiger partial charge in [0.25, 0.3) is 0 Å². The second-order valence-corrected chi connectivity index (χ2v) is 6.50. The number of rotatable bonds is 4. The third kappa shape index (κ3) is 2.82. The van der Waals surface area contributed by atoms with Gasteiger partial charge in [-0.3, -0.25) is 4.98 Å². The number of benzene rings is 1. The molecule has 1 aromatic carbocycles. The Balaban J connectivity index is 1.85. The molecular weight excluding hydrogens is 346 g/mol. The van der Waals surface area contributed by atoms with E-state index in [1.807, 2.05) is 66.4 Å². The molecule has 2 atom stereocenters. The SMILES string of the molecule is COc1ccccc1N1C(=S)NC(c2ccccn2)C1c1ccc(C)o1. The van der Waals surface area contributed by atoms with Gasteiger partial charge in [0, 0.05) is 6.20 Å². The van der Waals surface area contributed by atoms with Crippen molar-refractivity contribution in [2.45, 2.75) is 19.0 Å². The molecule has 3 aromatic rings. The molecule has 0 radical (unpaired) electrons. The third-order valence-electron chi connectivity index (χ3n) is 4.50.